The molecule has 5 heteroatoms. The Morgan fingerprint density at radius 3 is 2.86 bits per heavy atom. The van der Waals surface area contributed by atoms with E-state index in [1.54, 1.807) is 0 Å². The van der Waals surface area contributed by atoms with E-state index in [-0.39, 0.29) is 11.8 Å². The van der Waals surface area contributed by atoms with Crippen molar-refractivity contribution in [1.29, 1.82) is 0 Å². The number of hydrogen-bond donors (Lipinski definition) is 1. The minimum absolute atomic E-state index is 0.133. The molecular formula is C17H22N2O3. The summed E-state index contributed by atoms with van der Waals surface area (Å²) in [5.74, 6) is 2.38. The molecule has 1 aliphatic carbocycles. The first kappa shape index (κ1) is 13.9. The van der Waals surface area contributed by atoms with E-state index >= 15 is 0 Å². The Hall–Kier alpha value is -1.75. The van der Waals surface area contributed by atoms with Crippen LogP contribution >= 0.6 is 0 Å². The average molecular weight is 302 g/mol. The number of rotatable bonds is 3. The molecule has 1 N–H and O–H groups in total. The standard InChI is InChI=1S/C17H22N2O3/c1-19(12-4-5-18-10-12)17(20)14-9-13(14)11-2-3-15-16(8-11)22-7-6-21-15/h2-3,8,12-14,18H,4-7,9-10H2,1H3. The predicted molar refractivity (Wildman–Crippen MR) is 82.3 cm³/mol. The van der Waals surface area contributed by atoms with Gasteiger partial charge in [0.1, 0.15) is 13.2 Å². The maximum atomic E-state index is 12.6. The molecule has 1 saturated carbocycles. The topological polar surface area (TPSA) is 50.8 Å². The summed E-state index contributed by atoms with van der Waals surface area (Å²) in [6.07, 6.45) is 2.01. The van der Waals surface area contributed by atoms with Crippen molar-refractivity contribution in [3.05, 3.63) is 23.8 Å². The Morgan fingerprint density at radius 2 is 2.09 bits per heavy atom. The van der Waals surface area contributed by atoms with Crippen LogP contribution < -0.4 is 14.8 Å². The van der Waals surface area contributed by atoms with Gasteiger partial charge in [0, 0.05) is 25.6 Å². The Bertz CT molecular complexity index is 583. The molecule has 2 heterocycles. The molecule has 0 aromatic heterocycles. The summed E-state index contributed by atoms with van der Waals surface area (Å²) in [7, 11) is 1.94. The SMILES string of the molecule is CN(C(=O)C1CC1c1ccc2c(c1)OCCO2)C1CCNC1. The van der Waals surface area contributed by atoms with E-state index in [1.807, 2.05) is 24.1 Å². The number of hydrogen-bond acceptors (Lipinski definition) is 4. The molecule has 1 aromatic carbocycles. The van der Waals surface area contributed by atoms with Crippen LogP contribution in [-0.4, -0.2) is 50.2 Å². The molecule has 4 rings (SSSR count). The van der Waals surface area contributed by atoms with Crippen LogP contribution in [0.5, 0.6) is 11.5 Å². The summed E-state index contributed by atoms with van der Waals surface area (Å²) < 4.78 is 11.2. The van der Waals surface area contributed by atoms with Crippen molar-refractivity contribution in [2.45, 2.75) is 24.8 Å². The van der Waals surface area contributed by atoms with Crippen LogP contribution in [0.1, 0.15) is 24.3 Å². The van der Waals surface area contributed by atoms with Gasteiger partial charge in [-0.1, -0.05) is 6.07 Å². The summed E-state index contributed by atoms with van der Waals surface area (Å²) in [4.78, 5) is 14.6. The molecular weight excluding hydrogens is 280 g/mol. The van der Waals surface area contributed by atoms with Crippen LogP contribution in [0, 0.1) is 5.92 Å². The highest BCUT2D eigenvalue weighted by Crippen LogP contribution is 2.50. The highest BCUT2D eigenvalue weighted by atomic mass is 16.6. The number of nitrogens with one attached hydrogen (secondary N) is 1. The van der Waals surface area contributed by atoms with Gasteiger partial charge in [0.25, 0.3) is 0 Å². The van der Waals surface area contributed by atoms with Gasteiger partial charge < -0.3 is 19.7 Å². The zero-order valence-corrected chi connectivity index (χ0v) is 12.9. The zero-order valence-electron chi connectivity index (χ0n) is 12.9. The predicted octanol–water partition coefficient (Wildman–Crippen LogP) is 1.38. The van der Waals surface area contributed by atoms with Crippen LogP contribution in [0.3, 0.4) is 0 Å². The lowest BCUT2D eigenvalue weighted by Gasteiger charge is -2.24. The van der Waals surface area contributed by atoms with Gasteiger partial charge in [-0.3, -0.25) is 4.79 Å². The van der Waals surface area contributed by atoms with Crippen LogP contribution in [0.2, 0.25) is 0 Å². The summed E-state index contributed by atoms with van der Waals surface area (Å²) in [6, 6.07) is 6.44. The minimum Gasteiger partial charge on any atom is -0.486 e. The number of nitrogens with zero attached hydrogens (tertiary/aromatic N) is 1. The first-order chi connectivity index (χ1) is 10.7. The van der Waals surface area contributed by atoms with Crippen molar-refractivity contribution >= 4 is 5.91 Å². The fraction of sp³-hybridized carbons (Fsp3) is 0.588. The number of benzene rings is 1. The molecule has 3 aliphatic rings. The third kappa shape index (κ3) is 2.43. The van der Waals surface area contributed by atoms with Gasteiger partial charge in [0.2, 0.25) is 5.91 Å². The number of ether oxygens (including phenoxy) is 2. The second kappa shape index (κ2) is 5.47. The minimum atomic E-state index is 0.133. The third-order valence-corrected chi connectivity index (χ3v) is 5.03. The van der Waals surface area contributed by atoms with Gasteiger partial charge in [0.05, 0.1) is 0 Å². The van der Waals surface area contributed by atoms with Gasteiger partial charge in [0.15, 0.2) is 11.5 Å². The van der Waals surface area contributed by atoms with E-state index in [4.69, 9.17) is 9.47 Å². The molecule has 0 bridgehead atoms. The highest BCUT2D eigenvalue weighted by Gasteiger charge is 2.46. The van der Waals surface area contributed by atoms with Crippen molar-refractivity contribution in [1.82, 2.24) is 10.2 Å². The lowest BCUT2D eigenvalue weighted by Crippen LogP contribution is -2.39. The van der Waals surface area contributed by atoms with Gasteiger partial charge in [-0.15, -0.1) is 0 Å². The van der Waals surface area contributed by atoms with E-state index in [9.17, 15) is 4.79 Å². The summed E-state index contributed by atoms with van der Waals surface area (Å²) in [5, 5.41) is 3.32. The summed E-state index contributed by atoms with van der Waals surface area (Å²) in [5.41, 5.74) is 1.19. The van der Waals surface area contributed by atoms with Crippen molar-refractivity contribution in [2.75, 3.05) is 33.4 Å². The molecule has 2 fully saturated rings. The van der Waals surface area contributed by atoms with Crippen molar-refractivity contribution in [3.8, 4) is 11.5 Å². The number of carbonyl (C=O) groups is 1. The van der Waals surface area contributed by atoms with Crippen LogP contribution in [0.15, 0.2) is 18.2 Å². The monoisotopic (exact) mass is 302 g/mol. The zero-order chi connectivity index (χ0) is 15.1. The second-order valence-electron chi connectivity index (χ2n) is 6.45. The van der Waals surface area contributed by atoms with Gasteiger partial charge in [-0.05, 0) is 43.0 Å². The lowest BCUT2D eigenvalue weighted by molar-refractivity contribution is -0.133. The van der Waals surface area contributed by atoms with E-state index < -0.39 is 0 Å². The molecule has 22 heavy (non-hydrogen) atoms. The number of amides is 1. The molecule has 2 aliphatic heterocycles. The maximum absolute atomic E-state index is 12.6. The molecule has 0 spiro atoms. The molecule has 1 saturated heterocycles. The third-order valence-electron chi connectivity index (χ3n) is 5.03. The Balaban J connectivity index is 1.44. The van der Waals surface area contributed by atoms with E-state index in [1.165, 1.54) is 5.56 Å². The largest absolute Gasteiger partial charge is 0.486 e. The molecule has 1 amide bonds. The molecule has 3 unspecified atom stereocenters. The molecule has 5 nitrogen and oxygen atoms in total. The van der Waals surface area contributed by atoms with Crippen LogP contribution in [-0.2, 0) is 4.79 Å². The number of fused-ring (bicyclic) bond motifs is 1. The smallest absolute Gasteiger partial charge is 0.226 e. The van der Waals surface area contributed by atoms with E-state index in [2.05, 4.69) is 11.4 Å². The molecule has 3 atom stereocenters. The maximum Gasteiger partial charge on any atom is 0.226 e. The van der Waals surface area contributed by atoms with Gasteiger partial charge >= 0.3 is 0 Å². The number of carbonyl (C=O) groups excluding carboxylic acids is 1. The van der Waals surface area contributed by atoms with E-state index in [0.717, 1.165) is 37.4 Å². The van der Waals surface area contributed by atoms with Gasteiger partial charge in [-0.2, -0.15) is 0 Å². The molecule has 118 valence electrons. The molecule has 0 radical (unpaired) electrons. The summed E-state index contributed by atoms with van der Waals surface area (Å²) >= 11 is 0. The molecule has 1 aromatic rings. The Labute approximate surface area is 130 Å². The Morgan fingerprint density at radius 1 is 1.27 bits per heavy atom. The lowest BCUT2D eigenvalue weighted by atomic mass is 10.1. The fourth-order valence-electron chi connectivity index (χ4n) is 3.54. The van der Waals surface area contributed by atoms with Crippen molar-refractivity contribution in [2.24, 2.45) is 5.92 Å². The average Bonchev–Trinajstić information content (AvgIpc) is 3.17. The van der Waals surface area contributed by atoms with Gasteiger partial charge in [-0.25, -0.2) is 0 Å². The normalized spacial score (nSPS) is 29.2. The quantitative estimate of drug-likeness (QED) is 0.916. The fourth-order valence-corrected chi connectivity index (χ4v) is 3.54. The first-order valence-electron chi connectivity index (χ1n) is 8.11. The first-order valence-corrected chi connectivity index (χ1v) is 8.11. The van der Waals surface area contributed by atoms with E-state index in [0.29, 0.717) is 25.2 Å². The van der Waals surface area contributed by atoms with Crippen LogP contribution in [0.25, 0.3) is 0 Å². The highest BCUT2D eigenvalue weighted by molar-refractivity contribution is 5.83. The van der Waals surface area contributed by atoms with Crippen molar-refractivity contribution < 1.29 is 14.3 Å². The summed E-state index contributed by atoms with van der Waals surface area (Å²) in [6.45, 7) is 3.14. The Kier molecular flexibility index (Phi) is 3.45. The number of likely N-dealkylation sites (N-methyl/N-ethyl adjacent to an activating group) is 1. The van der Waals surface area contributed by atoms with Crippen LogP contribution in [0.4, 0.5) is 0 Å². The van der Waals surface area contributed by atoms with Crippen molar-refractivity contribution in [3.63, 3.8) is 0 Å². The second-order valence-corrected chi connectivity index (χ2v) is 6.45.